The number of piperidine rings is 1. The number of nitrogens with zero attached hydrogens (tertiary/aromatic N) is 1. The number of hydrogen-bond acceptors (Lipinski definition) is 5. The molecular formula is C31H55NO5Si. The van der Waals surface area contributed by atoms with Gasteiger partial charge in [-0.3, -0.25) is 4.79 Å². The van der Waals surface area contributed by atoms with E-state index in [0.717, 1.165) is 51.4 Å². The molecule has 0 spiro atoms. The summed E-state index contributed by atoms with van der Waals surface area (Å²) in [5.74, 6) is 1.22. The van der Waals surface area contributed by atoms with Crippen LogP contribution in [0.1, 0.15) is 106 Å². The maximum Gasteiger partial charge on any atom is 0.410 e. The van der Waals surface area contributed by atoms with Gasteiger partial charge in [-0.1, -0.05) is 33.6 Å². The zero-order valence-electron chi connectivity index (χ0n) is 25.6. The van der Waals surface area contributed by atoms with E-state index in [1.54, 1.807) is 0 Å². The topological polar surface area (TPSA) is 76.1 Å². The summed E-state index contributed by atoms with van der Waals surface area (Å²) in [6.07, 6.45) is 7.58. The number of aliphatic hydroxyl groups excluding tert-OH is 1. The van der Waals surface area contributed by atoms with Crippen LogP contribution in [0.4, 0.5) is 4.79 Å². The van der Waals surface area contributed by atoms with Crippen molar-refractivity contribution in [3.63, 3.8) is 0 Å². The van der Waals surface area contributed by atoms with Gasteiger partial charge in [0.15, 0.2) is 8.32 Å². The number of carbonyl (C=O) groups excluding carboxylic acids is 2. The fourth-order valence-corrected chi connectivity index (χ4v) is 9.38. The Labute approximate surface area is 232 Å². The number of rotatable bonds is 3. The standard InChI is InChI=1S/C31H55NO5Si/c1-19-14-15-23-24(32(19)29(35)36-30(2,3)4)16-20(17-27(23)37-38(8,9)31(5,6)7)28-22-13-11-10-12-21(22)25(33)18-26(28)34/h19-24,26-28,34H,10-18H2,1-9H3/t19-,20-,21+,22+,23+,24+,26?,27-,28-/m0/s1. The average molecular weight is 550 g/mol. The molecule has 218 valence electrons. The molecule has 0 aromatic rings. The van der Waals surface area contributed by atoms with Crippen LogP contribution < -0.4 is 0 Å². The van der Waals surface area contributed by atoms with Gasteiger partial charge in [0.1, 0.15) is 11.4 Å². The molecule has 4 fully saturated rings. The zero-order chi connectivity index (χ0) is 28.2. The van der Waals surface area contributed by atoms with E-state index in [-0.39, 0.29) is 71.1 Å². The van der Waals surface area contributed by atoms with Gasteiger partial charge in [-0.15, -0.1) is 0 Å². The number of likely N-dealkylation sites (tertiary alicyclic amines) is 1. The monoisotopic (exact) mass is 549 g/mol. The molecule has 4 aliphatic rings. The summed E-state index contributed by atoms with van der Waals surface area (Å²) in [4.78, 5) is 28.6. The summed E-state index contributed by atoms with van der Waals surface area (Å²) < 4.78 is 13.2. The Bertz CT molecular complexity index is 876. The molecule has 1 N–H and O–H groups in total. The number of fused-ring (bicyclic) bond motifs is 2. The Morgan fingerprint density at radius 2 is 1.63 bits per heavy atom. The third-order valence-electron chi connectivity index (χ3n) is 10.8. The van der Waals surface area contributed by atoms with E-state index in [0.29, 0.717) is 0 Å². The first-order valence-corrected chi connectivity index (χ1v) is 18.3. The van der Waals surface area contributed by atoms with Crippen LogP contribution in [0.15, 0.2) is 0 Å². The fourth-order valence-electron chi connectivity index (χ4n) is 8.00. The van der Waals surface area contributed by atoms with Gasteiger partial charge in [-0.25, -0.2) is 4.79 Å². The Morgan fingerprint density at radius 1 is 0.974 bits per heavy atom. The second-order valence-corrected chi connectivity index (χ2v) is 20.3. The highest BCUT2D eigenvalue weighted by atomic mass is 28.4. The van der Waals surface area contributed by atoms with Crippen LogP contribution in [-0.2, 0) is 14.0 Å². The van der Waals surface area contributed by atoms with Crippen molar-refractivity contribution in [2.75, 3.05) is 0 Å². The van der Waals surface area contributed by atoms with Gasteiger partial charge in [0.25, 0.3) is 0 Å². The molecule has 9 atom stereocenters. The highest BCUT2D eigenvalue weighted by Crippen LogP contribution is 2.53. The van der Waals surface area contributed by atoms with Gasteiger partial charge in [0.05, 0.1) is 12.2 Å². The van der Waals surface area contributed by atoms with Crippen molar-refractivity contribution in [1.82, 2.24) is 4.90 Å². The number of amides is 1. The summed E-state index contributed by atoms with van der Waals surface area (Å²) in [6.45, 7) is 19.5. The maximum absolute atomic E-state index is 13.6. The van der Waals surface area contributed by atoms with Crippen LogP contribution in [0.5, 0.6) is 0 Å². The SMILES string of the molecule is C[C@H]1CC[C@H]2[C@@H](O[Si](C)(C)C(C)(C)C)C[C@@H]([C@@H]3C(O)CC(=O)[C@@H]4CCCC[C@@H]34)C[C@H]2N1C(=O)OC(C)(C)C. The summed E-state index contributed by atoms with van der Waals surface area (Å²) in [7, 11) is -2.07. The molecule has 1 saturated heterocycles. The second-order valence-electron chi connectivity index (χ2n) is 15.6. The van der Waals surface area contributed by atoms with Gasteiger partial charge >= 0.3 is 6.09 Å². The molecule has 1 aliphatic heterocycles. The van der Waals surface area contributed by atoms with E-state index in [9.17, 15) is 14.7 Å². The smallest absolute Gasteiger partial charge is 0.410 e. The third kappa shape index (κ3) is 6.05. The molecule has 3 saturated carbocycles. The minimum atomic E-state index is -2.07. The number of carbonyl (C=O) groups is 2. The molecule has 0 aromatic carbocycles. The first-order valence-electron chi connectivity index (χ1n) is 15.4. The van der Waals surface area contributed by atoms with Crippen molar-refractivity contribution >= 4 is 20.2 Å². The zero-order valence-corrected chi connectivity index (χ0v) is 26.6. The van der Waals surface area contributed by atoms with Crippen molar-refractivity contribution < 1.29 is 23.9 Å². The summed E-state index contributed by atoms with van der Waals surface area (Å²) in [6, 6.07) is 0.146. The van der Waals surface area contributed by atoms with E-state index < -0.39 is 20.0 Å². The predicted octanol–water partition coefficient (Wildman–Crippen LogP) is 6.95. The molecular weight excluding hydrogens is 494 g/mol. The lowest BCUT2D eigenvalue weighted by atomic mass is 9.56. The summed E-state index contributed by atoms with van der Waals surface area (Å²) >= 11 is 0. The Hall–Kier alpha value is -0.923. The van der Waals surface area contributed by atoms with Crippen LogP contribution in [0.25, 0.3) is 0 Å². The lowest BCUT2D eigenvalue weighted by molar-refractivity contribution is -0.144. The Balaban J connectivity index is 1.70. The molecule has 0 aromatic heterocycles. The van der Waals surface area contributed by atoms with Gasteiger partial charge < -0.3 is 19.2 Å². The maximum atomic E-state index is 13.6. The van der Waals surface area contributed by atoms with E-state index in [1.165, 1.54) is 0 Å². The molecule has 4 rings (SSSR count). The van der Waals surface area contributed by atoms with Gasteiger partial charge in [-0.05, 0) is 102 Å². The molecule has 0 radical (unpaired) electrons. The minimum absolute atomic E-state index is 0.0361. The predicted molar refractivity (Wildman–Crippen MR) is 153 cm³/mol. The van der Waals surface area contributed by atoms with Crippen molar-refractivity contribution in [2.24, 2.45) is 29.6 Å². The first-order chi connectivity index (χ1) is 17.5. The molecule has 38 heavy (non-hydrogen) atoms. The van der Waals surface area contributed by atoms with Crippen LogP contribution in [0.3, 0.4) is 0 Å². The van der Waals surface area contributed by atoms with Gasteiger partial charge in [0.2, 0.25) is 0 Å². The Morgan fingerprint density at radius 3 is 2.26 bits per heavy atom. The van der Waals surface area contributed by atoms with E-state index in [2.05, 4.69) is 40.8 Å². The Kier molecular flexibility index (Phi) is 8.55. The molecule has 1 unspecified atom stereocenters. The van der Waals surface area contributed by atoms with Crippen LogP contribution in [-0.4, -0.2) is 60.1 Å². The highest BCUT2D eigenvalue weighted by molar-refractivity contribution is 6.74. The van der Waals surface area contributed by atoms with E-state index >= 15 is 0 Å². The van der Waals surface area contributed by atoms with Crippen LogP contribution in [0, 0.1) is 29.6 Å². The van der Waals surface area contributed by atoms with Crippen molar-refractivity contribution in [3.8, 4) is 0 Å². The second kappa shape index (κ2) is 10.8. The molecule has 0 bridgehead atoms. The highest BCUT2D eigenvalue weighted by Gasteiger charge is 2.55. The van der Waals surface area contributed by atoms with Crippen molar-refractivity contribution in [1.29, 1.82) is 0 Å². The van der Waals surface area contributed by atoms with Crippen molar-refractivity contribution in [2.45, 2.75) is 154 Å². The lowest BCUT2D eigenvalue weighted by Gasteiger charge is -2.56. The summed E-state index contributed by atoms with van der Waals surface area (Å²) in [5, 5.41) is 11.5. The van der Waals surface area contributed by atoms with Gasteiger partial charge in [0, 0.05) is 30.3 Å². The van der Waals surface area contributed by atoms with Gasteiger partial charge in [-0.2, -0.15) is 0 Å². The third-order valence-corrected chi connectivity index (χ3v) is 15.3. The summed E-state index contributed by atoms with van der Waals surface area (Å²) in [5.41, 5.74) is -0.551. The van der Waals surface area contributed by atoms with E-state index in [1.807, 2.05) is 25.7 Å². The molecule has 1 heterocycles. The number of hydrogen-bond donors (Lipinski definition) is 1. The number of Topliss-reactive ketones (excluding diaryl/α,β-unsaturated/α-hetero) is 1. The molecule has 1 amide bonds. The number of aliphatic hydroxyl groups is 1. The molecule has 6 nitrogen and oxygen atoms in total. The molecule has 7 heteroatoms. The lowest BCUT2D eigenvalue weighted by Crippen LogP contribution is -2.62. The van der Waals surface area contributed by atoms with Crippen molar-refractivity contribution in [3.05, 3.63) is 0 Å². The number of ether oxygens (including phenoxy) is 1. The van der Waals surface area contributed by atoms with E-state index in [4.69, 9.17) is 9.16 Å². The normalized spacial score (nSPS) is 38.8. The molecule has 3 aliphatic carbocycles. The fraction of sp³-hybridized carbons (Fsp3) is 0.935. The van der Waals surface area contributed by atoms with Crippen LogP contribution >= 0.6 is 0 Å². The largest absolute Gasteiger partial charge is 0.444 e. The van der Waals surface area contributed by atoms with Crippen LogP contribution in [0.2, 0.25) is 18.1 Å². The number of ketones is 1. The average Bonchev–Trinajstić information content (AvgIpc) is 2.76. The minimum Gasteiger partial charge on any atom is -0.444 e. The first kappa shape index (κ1) is 30.0. The quantitative estimate of drug-likeness (QED) is 0.386.